The first-order valence-corrected chi connectivity index (χ1v) is 11.2. The topological polar surface area (TPSA) is 96.6 Å². The maximum atomic E-state index is 13.0. The van der Waals surface area contributed by atoms with Crippen molar-refractivity contribution in [1.82, 2.24) is 14.9 Å². The van der Waals surface area contributed by atoms with Gasteiger partial charge in [-0.1, -0.05) is 36.4 Å². The van der Waals surface area contributed by atoms with Gasteiger partial charge < -0.3 is 9.88 Å². The lowest BCUT2D eigenvalue weighted by Gasteiger charge is -2.44. The molecule has 33 heavy (non-hydrogen) atoms. The van der Waals surface area contributed by atoms with Crippen molar-refractivity contribution in [2.75, 3.05) is 13.1 Å². The van der Waals surface area contributed by atoms with Gasteiger partial charge in [-0.15, -0.1) is 0 Å². The molecule has 2 heterocycles. The summed E-state index contributed by atoms with van der Waals surface area (Å²) in [6, 6.07) is 20.6. The molecule has 0 spiro atoms. The Morgan fingerprint density at radius 3 is 2.67 bits per heavy atom. The number of hydrogen-bond donors (Lipinski definition) is 1. The zero-order valence-corrected chi connectivity index (χ0v) is 18.8. The second-order valence-corrected chi connectivity index (χ2v) is 8.92. The van der Waals surface area contributed by atoms with E-state index in [1.807, 2.05) is 41.3 Å². The van der Waals surface area contributed by atoms with E-state index in [2.05, 4.69) is 41.2 Å². The number of aromatic nitrogens is 2. The van der Waals surface area contributed by atoms with Crippen molar-refractivity contribution < 1.29 is 4.79 Å². The molecule has 0 radical (unpaired) electrons. The quantitative estimate of drug-likeness (QED) is 0.631. The molecule has 0 aliphatic carbocycles. The van der Waals surface area contributed by atoms with Gasteiger partial charge in [-0.05, 0) is 60.9 Å². The second kappa shape index (κ2) is 9.71. The van der Waals surface area contributed by atoms with Crippen LogP contribution in [-0.4, -0.2) is 33.9 Å². The van der Waals surface area contributed by atoms with Crippen LogP contribution >= 0.6 is 0 Å². The Morgan fingerprint density at radius 2 is 2.00 bits per heavy atom. The largest absolute Gasteiger partial charge is 0.348 e. The van der Waals surface area contributed by atoms with Gasteiger partial charge in [-0.2, -0.15) is 10.5 Å². The lowest BCUT2D eigenvalue weighted by atomic mass is 9.65. The number of nitriles is 2. The van der Waals surface area contributed by atoms with Gasteiger partial charge in [0.25, 0.3) is 0 Å². The van der Waals surface area contributed by atoms with Crippen molar-refractivity contribution in [3.05, 3.63) is 89.0 Å². The number of hydrogen-bond acceptors (Lipinski definition) is 4. The molecule has 1 aliphatic heterocycles. The molecule has 1 N–H and O–H groups in total. The molecule has 0 bridgehead atoms. The summed E-state index contributed by atoms with van der Waals surface area (Å²) in [4.78, 5) is 21.9. The highest BCUT2D eigenvalue weighted by Gasteiger charge is 2.44. The number of rotatable bonds is 6. The van der Waals surface area contributed by atoms with Gasteiger partial charge in [0.2, 0.25) is 5.91 Å². The van der Waals surface area contributed by atoms with Crippen LogP contribution in [0.2, 0.25) is 0 Å². The summed E-state index contributed by atoms with van der Waals surface area (Å²) in [6.45, 7) is 3.18. The Bertz CT molecular complexity index is 1190. The third-order valence-corrected chi connectivity index (χ3v) is 6.85. The molecule has 3 aromatic rings. The number of carbonyl (C=O) groups excluding carboxylic acids is 1. The first-order chi connectivity index (χ1) is 16.0. The number of imidazole rings is 1. The molecule has 2 atom stereocenters. The average molecular weight is 438 g/mol. The standard InChI is InChI=1S/C27H27N5O/c1-20-4-2-3-5-23(20)14-27(18-29)10-11-32(26(33)13-25-16-30-19-31-25)17-24(27)12-21-6-8-22(15-28)9-7-21/h2-9,16,19,24H,10-14,17H2,1H3,(H,30,31). The number of nitrogens with zero attached hydrogens (tertiary/aromatic N) is 4. The zero-order chi connectivity index (χ0) is 23.3. The molecule has 1 aliphatic rings. The number of likely N-dealkylation sites (tertiary alicyclic amines) is 1. The summed E-state index contributed by atoms with van der Waals surface area (Å²) in [5, 5.41) is 19.6. The summed E-state index contributed by atoms with van der Waals surface area (Å²) >= 11 is 0. The molecule has 1 saturated heterocycles. The van der Waals surface area contributed by atoms with Crippen LogP contribution in [-0.2, 0) is 24.1 Å². The van der Waals surface area contributed by atoms with Gasteiger partial charge in [0.1, 0.15) is 0 Å². The number of amides is 1. The van der Waals surface area contributed by atoms with E-state index in [-0.39, 0.29) is 18.2 Å². The van der Waals surface area contributed by atoms with Crippen molar-refractivity contribution in [3.8, 4) is 12.1 Å². The Kier molecular flexibility index (Phi) is 6.56. The highest BCUT2D eigenvalue weighted by Crippen LogP contribution is 2.41. The maximum Gasteiger partial charge on any atom is 0.228 e. The van der Waals surface area contributed by atoms with Gasteiger partial charge in [0.15, 0.2) is 0 Å². The highest BCUT2D eigenvalue weighted by molar-refractivity contribution is 5.78. The molecule has 6 nitrogen and oxygen atoms in total. The van der Waals surface area contributed by atoms with E-state index < -0.39 is 5.41 Å². The molecular formula is C27H27N5O. The number of aryl methyl sites for hydroxylation is 1. The molecule has 1 fully saturated rings. The Hall–Kier alpha value is -3.90. The van der Waals surface area contributed by atoms with Crippen LogP contribution in [0.5, 0.6) is 0 Å². The number of nitrogens with one attached hydrogen (secondary N) is 1. The van der Waals surface area contributed by atoms with Gasteiger partial charge >= 0.3 is 0 Å². The maximum absolute atomic E-state index is 13.0. The third-order valence-electron chi connectivity index (χ3n) is 6.85. The molecule has 1 aromatic heterocycles. The number of aromatic amines is 1. The van der Waals surface area contributed by atoms with E-state index in [0.29, 0.717) is 37.9 Å². The number of piperidine rings is 1. The minimum Gasteiger partial charge on any atom is -0.348 e. The first-order valence-electron chi connectivity index (χ1n) is 11.2. The molecule has 0 saturated carbocycles. The van der Waals surface area contributed by atoms with Crippen LogP contribution in [0.1, 0.15) is 34.4 Å². The molecule has 2 aromatic carbocycles. The Balaban J connectivity index is 1.61. The fourth-order valence-corrected chi connectivity index (χ4v) is 4.78. The van der Waals surface area contributed by atoms with Gasteiger partial charge in [-0.3, -0.25) is 4.79 Å². The number of benzene rings is 2. The summed E-state index contributed by atoms with van der Waals surface area (Å²) in [5.74, 6) is 0.0287. The molecular weight excluding hydrogens is 410 g/mol. The van der Waals surface area contributed by atoms with E-state index in [9.17, 15) is 10.1 Å². The minimum absolute atomic E-state index is 0.0190. The van der Waals surface area contributed by atoms with Crippen molar-refractivity contribution in [2.45, 2.75) is 32.6 Å². The Labute approximate surface area is 194 Å². The predicted molar refractivity (Wildman–Crippen MR) is 125 cm³/mol. The summed E-state index contributed by atoms with van der Waals surface area (Å²) in [7, 11) is 0. The van der Waals surface area contributed by atoms with E-state index in [1.165, 1.54) is 11.1 Å². The normalized spacial score (nSPS) is 20.1. The van der Waals surface area contributed by atoms with Crippen molar-refractivity contribution >= 4 is 5.91 Å². The zero-order valence-electron chi connectivity index (χ0n) is 18.8. The molecule has 166 valence electrons. The van der Waals surface area contributed by atoms with E-state index in [0.717, 1.165) is 11.3 Å². The number of H-pyrrole nitrogens is 1. The van der Waals surface area contributed by atoms with Crippen LogP contribution in [0.3, 0.4) is 0 Å². The van der Waals surface area contributed by atoms with Crippen LogP contribution < -0.4 is 0 Å². The third kappa shape index (κ3) is 4.96. The van der Waals surface area contributed by atoms with Crippen LogP contribution in [0.15, 0.2) is 61.1 Å². The lowest BCUT2D eigenvalue weighted by Crippen LogP contribution is -2.51. The van der Waals surface area contributed by atoms with Crippen LogP contribution in [0.4, 0.5) is 0 Å². The van der Waals surface area contributed by atoms with Crippen molar-refractivity contribution in [3.63, 3.8) is 0 Å². The summed E-state index contributed by atoms with van der Waals surface area (Å²) in [5.41, 5.74) is 4.28. The van der Waals surface area contributed by atoms with Crippen molar-refractivity contribution in [2.24, 2.45) is 11.3 Å². The fourth-order valence-electron chi connectivity index (χ4n) is 4.78. The lowest BCUT2D eigenvalue weighted by molar-refractivity contribution is -0.134. The van der Waals surface area contributed by atoms with E-state index >= 15 is 0 Å². The monoisotopic (exact) mass is 437 g/mol. The van der Waals surface area contributed by atoms with Crippen LogP contribution in [0, 0.1) is 40.9 Å². The second-order valence-electron chi connectivity index (χ2n) is 8.92. The smallest absolute Gasteiger partial charge is 0.228 e. The molecule has 4 rings (SSSR count). The highest BCUT2D eigenvalue weighted by atomic mass is 16.2. The minimum atomic E-state index is -0.565. The Morgan fingerprint density at radius 1 is 1.21 bits per heavy atom. The predicted octanol–water partition coefficient (Wildman–Crippen LogP) is 3.98. The van der Waals surface area contributed by atoms with E-state index in [4.69, 9.17) is 5.26 Å². The SMILES string of the molecule is Cc1ccccc1CC1(C#N)CCN(C(=O)Cc2cnc[nH]2)CC1Cc1ccc(C#N)cc1. The molecule has 1 amide bonds. The first kappa shape index (κ1) is 22.3. The van der Waals surface area contributed by atoms with Crippen molar-refractivity contribution in [1.29, 1.82) is 10.5 Å². The molecule has 6 heteroatoms. The van der Waals surface area contributed by atoms with E-state index in [1.54, 1.807) is 12.5 Å². The van der Waals surface area contributed by atoms with Gasteiger partial charge in [0.05, 0.1) is 35.9 Å². The fraction of sp³-hybridized carbons (Fsp3) is 0.333. The van der Waals surface area contributed by atoms with Gasteiger partial charge in [0, 0.05) is 25.0 Å². The van der Waals surface area contributed by atoms with Crippen LogP contribution in [0.25, 0.3) is 0 Å². The number of carbonyl (C=O) groups is 1. The average Bonchev–Trinajstić information content (AvgIpc) is 3.35. The summed E-state index contributed by atoms with van der Waals surface area (Å²) in [6.07, 6.45) is 5.51. The summed E-state index contributed by atoms with van der Waals surface area (Å²) < 4.78 is 0. The molecule has 2 unspecified atom stereocenters. The van der Waals surface area contributed by atoms with Gasteiger partial charge in [-0.25, -0.2) is 4.98 Å².